The highest BCUT2D eigenvalue weighted by atomic mass is 35.5. The normalized spacial score (nSPS) is 19.3. The smallest absolute Gasteiger partial charge is 0.254 e. The van der Waals surface area contributed by atoms with Crippen LogP contribution in [0.5, 0.6) is 0 Å². The number of aromatic nitrogens is 1. The maximum Gasteiger partial charge on any atom is 0.254 e. The standard InChI is InChI=1S/C30H28ClN5O2/c31-25-9-6-22(7-10-25)29-26(36-19-24(8-11-27(36)33-29)21-4-2-1-3-5-21)20-34-14-16-35(17-15-34)30(38)23-12-13-32-28(37)18-23/h1-13,18-19,27,33H,14-17,20H2,(H,32,37). The van der Waals surface area contributed by atoms with Gasteiger partial charge >= 0.3 is 0 Å². The van der Waals surface area contributed by atoms with Crippen LogP contribution in [0.4, 0.5) is 0 Å². The zero-order valence-corrected chi connectivity index (χ0v) is 21.6. The molecule has 0 spiro atoms. The summed E-state index contributed by atoms with van der Waals surface area (Å²) in [5.41, 5.74) is 5.85. The Morgan fingerprint density at radius 2 is 1.71 bits per heavy atom. The Morgan fingerprint density at radius 3 is 2.45 bits per heavy atom. The van der Waals surface area contributed by atoms with Crippen molar-refractivity contribution in [2.45, 2.75) is 6.17 Å². The van der Waals surface area contributed by atoms with Gasteiger partial charge in [0.05, 0.1) is 11.4 Å². The SMILES string of the molecule is O=C(c1cc[nH]c(=O)c1)N1CCN(CC2=C(c3ccc(Cl)cc3)NC3C=CC(c4ccccc4)=CN23)CC1. The lowest BCUT2D eigenvalue weighted by atomic mass is 10.0. The maximum atomic E-state index is 12.9. The van der Waals surface area contributed by atoms with Crippen molar-refractivity contribution in [3.63, 3.8) is 0 Å². The summed E-state index contributed by atoms with van der Waals surface area (Å²) < 4.78 is 0. The summed E-state index contributed by atoms with van der Waals surface area (Å²) in [7, 11) is 0. The van der Waals surface area contributed by atoms with Crippen LogP contribution in [0.15, 0.2) is 102 Å². The van der Waals surface area contributed by atoms with Gasteiger partial charge in [0.1, 0.15) is 6.17 Å². The Bertz CT molecular complexity index is 1480. The van der Waals surface area contributed by atoms with Crippen molar-refractivity contribution in [3.05, 3.63) is 129 Å². The molecule has 192 valence electrons. The van der Waals surface area contributed by atoms with Crippen molar-refractivity contribution in [1.29, 1.82) is 0 Å². The summed E-state index contributed by atoms with van der Waals surface area (Å²) in [5, 5.41) is 4.41. The molecule has 2 N–H and O–H groups in total. The number of rotatable bonds is 5. The minimum atomic E-state index is -0.266. The molecule has 1 saturated heterocycles. The number of aromatic amines is 1. The number of carbonyl (C=O) groups is 1. The van der Waals surface area contributed by atoms with Crippen LogP contribution in [0.25, 0.3) is 11.3 Å². The van der Waals surface area contributed by atoms with Gasteiger partial charge in [0.15, 0.2) is 0 Å². The fourth-order valence-electron chi connectivity index (χ4n) is 5.19. The van der Waals surface area contributed by atoms with Crippen LogP contribution in [0.2, 0.25) is 5.02 Å². The molecule has 2 aromatic carbocycles. The summed E-state index contributed by atoms with van der Waals surface area (Å²) in [6, 6.07) is 21.3. The van der Waals surface area contributed by atoms with Crippen LogP contribution in [0.3, 0.4) is 0 Å². The topological polar surface area (TPSA) is 71.7 Å². The molecule has 1 fully saturated rings. The van der Waals surface area contributed by atoms with Gasteiger partial charge in [0.25, 0.3) is 5.91 Å². The van der Waals surface area contributed by atoms with E-state index in [2.05, 4.69) is 62.7 Å². The Hall–Kier alpha value is -4.07. The highest BCUT2D eigenvalue weighted by Crippen LogP contribution is 2.34. The predicted molar refractivity (Wildman–Crippen MR) is 150 cm³/mol. The van der Waals surface area contributed by atoms with Crippen LogP contribution in [0.1, 0.15) is 21.5 Å². The summed E-state index contributed by atoms with van der Waals surface area (Å²) in [5.74, 6) is -0.101. The summed E-state index contributed by atoms with van der Waals surface area (Å²) in [6.07, 6.45) is 8.14. The summed E-state index contributed by atoms with van der Waals surface area (Å²) in [4.78, 5) is 33.7. The average molecular weight is 526 g/mol. The molecule has 1 unspecified atom stereocenters. The molecule has 3 aromatic rings. The number of nitrogens with one attached hydrogen (secondary N) is 2. The van der Waals surface area contributed by atoms with E-state index in [1.54, 1.807) is 6.07 Å². The molecular formula is C30H28ClN5O2. The lowest BCUT2D eigenvalue weighted by Crippen LogP contribution is -2.49. The van der Waals surface area contributed by atoms with Crippen LogP contribution >= 0.6 is 11.6 Å². The third kappa shape index (κ3) is 4.90. The van der Waals surface area contributed by atoms with Crippen LogP contribution < -0.4 is 10.9 Å². The quantitative estimate of drug-likeness (QED) is 0.527. The number of halogens is 1. The molecule has 8 heteroatoms. The van der Waals surface area contributed by atoms with Gasteiger partial charge < -0.3 is 20.1 Å². The van der Waals surface area contributed by atoms with Gasteiger partial charge in [-0.3, -0.25) is 14.5 Å². The van der Waals surface area contributed by atoms with Crippen molar-refractivity contribution in [2.75, 3.05) is 32.7 Å². The number of nitrogens with zero attached hydrogens (tertiary/aromatic N) is 3. The average Bonchev–Trinajstić information content (AvgIpc) is 3.31. The number of H-pyrrole nitrogens is 1. The second-order valence-electron chi connectivity index (χ2n) is 9.64. The molecule has 0 radical (unpaired) electrons. The number of fused-ring (bicyclic) bond motifs is 1. The van der Waals surface area contributed by atoms with E-state index in [1.165, 1.54) is 23.5 Å². The second kappa shape index (κ2) is 10.4. The number of allylic oxidation sites excluding steroid dienone is 2. The monoisotopic (exact) mass is 525 g/mol. The van der Waals surface area contributed by atoms with Gasteiger partial charge in [0, 0.05) is 61.8 Å². The molecule has 0 saturated carbocycles. The molecule has 3 aliphatic rings. The molecule has 3 aliphatic heterocycles. The molecule has 38 heavy (non-hydrogen) atoms. The predicted octanol–water partition coefficient (Wildman–Crippen LogP) is 4.00. The van der Waals surface area contributed by atoms with E-state index >= 15 is 0 Å². The number of hydrogen-bond acceptors (Lipinski definition) is 5. The first-order valence-electron chi connectivity index (χ1n) is 12.7. The Kier molecular flexibility index (Phi) is 6.62. The number of carbonyl (C=O) groups excluding carboxylic acids is 1. The van der Waals surface area contributed by atoms with Crippen molar-refractivity contribution in [2.24, 2.45) is 0 Å². The fourth-order valence-corrected chi connectivity index (χ4v) is 5.32. The summed E-state index contributed by atoms with van der Waals surface area (Å²) >= 11 is 6.18. The van der Waals surface area contributed by atoms with E-state index in [9.17, 15) is 9.59 Å². The third-order valence-electron chi connectivity index (χ3n) is 7.22. The minimum Gasteiger partial charge on any atom is -0.360 e. The summed E-state index contributed by atoms with van der Waals surface area (Å²) in [6.45, 7) is 3.45. The molecular weight excluding hydrogens is 498 g/mol. The third-order valence-corrected chi connectivity index (χ3v) is 7.48. The van der Waals surface area contributed by atoms with Crippen molar-refractivity contribution >= 4 is 28.8 Å². The number of hydrogen-bond donors (Lipinski definition) is 2. The van der Waals surface area contributed by atoms with Crippen LogP contribution in [-0.4, -0.2) is 64.5 Å². The van der Waals surface area contributed by atoms with Gasteiger partial charge in [-0.25, -0.2) is 0 Å². The first-order chi connectivity index (χ1) is 18.5. The van der Waals surface area contributed by atoms with Gasteiger partial charge in [-0.15, -0.1) is 0 Å². The highest BCUT2D eigenvalue weighted by molar-refractivity contribution is 6.30. The lowest BCUT2D eigenvalue weighted by Gasteiger charge is -2.36. The Morgan fingerprint density at radius 1 is 0.947 bits per heavy atom. The van der Waals surface area contributed by atoms with E-state index in [-0.39, 0.29) is 17.6 Å². The zero-order valence-electron chi connectivity index (χ0n) is 20.8. The second-order valence-corrected chi connectivity index (χ2v) is 10.1. The maximum absolute atomic E-state index is 12.9. The largest absolute Gasteiger partial charge is 0.360 e. The van der Waals surface area contributed by atoms with Crippen LogP contribution in [0, 0.1) is 0 Å². The van der Waals surface area contributed by atoms with E-state index in [0.717, 1.165) is 36.5 Å². The van der Waals surface area contributed by atoms with Gasteiger partial charge in [-0.2, -0.15) is 0 Å². The molecule has 6 rings (SSSR count). The van der Waals surface area contributed by atoms with E-state index in [4.69, 9.17) is 11.6 Å². The number of pyridine rings is 1. The van der Waals surface area contributed by atoms with Crippen LogP contribution in [-0.2, 0) is 0 Å². The molecule has 0 bridgehead atoms. The number of benzene rings is 2. The molecule has 1 atom stereocenters. The lowest BCUT2D eigenvalue weighted by molar-refractivity contribution is 0.0642. The fraction of sp³-hybridized carbons (Fsp3) is 0.200. The minimum absolute atomic E-state index is 0.0298. The van der Waals surface area contributed by atoms with E-state index in [0.29, 0.717) is 23.7 Å². The molecule has 0 aliphatic carbocycles. The number of amides is 1. The Labute approximate surface area is 226 Å². The molecule has 7 nitrogen and oxygen atoms in total. The highest BCUT2D eigenvalue weighted by Gasteiger charge is 2.33. The van der Waals surface area contributed by atoms with E-state index < -0.39 is 0 Å². The van der Waals surface area contributed by atoms with Gasteiger partial charge in [0.2, 0.25) is 5.56 Å². The molecule has 1 amide bonds. The first-order valence-corrected chi connectivity index (χ1v) is 13.1. The zero-order chi connectivity index (χ0) is 26.1. The van der Waals surface area contributed by atoms with Crippen molar-refractivity contribution in [1.82, 2.24) is 25.0 Å². The van der Waals surface area contributed by atoms with Crippen molar-refractivity contribution in [3.8, 4) is 0 Å². The number of piperazine rings is 1. The molecule has 1 aromatic heterocycles. The Balaban J connectivity index is 1.24. The van der Waals surface area contributed by atoms with E-state index in [1.807, 2.05) is 35.2 Å². The van der Waals surface area contributed by atoms with Crippen molar-refractivity contribution < 1.29 is 4.79 Å². The molecule has 4 heterocycles. The van der Waals surface area contributed by atoms with Gasteiger partial charge in [-0.1, -0.05) is 60.1 Å². The first kappa shape index (κ1) is 24.3. The van der Waals surface area contributed by atoms with Gasteiger partial charge in [-0.05, 0) is 41.0 Å².